The van der Waals surface area contributed by atoms with Gasteiger partial charge in [-0.3, -0.25) is 14.5 Å². The summed E-state index contributed by atoms with van der Waals surface area (Å²) < 4.78 is 6.05. The lowest BCUT2D eigenvalue weighted by Crippen LogP contribution is -2.63. The van der Waals surface area contributed by atoms with Crippen LogP contribution in [0, 0.1) is 0 Å². The Morgan fingerprint density at radius 3 is 2.52 bits per heavy atom. The van der Waals surface area contributed by atoms with Crippen LogP contribution < -0.4 is 15.0 Å². The molecule has 0 spiro atoms. The fourth-order valence-corrected chi connectivity index (χ4v) is 2.99. The van der Waals surface area contributed by atoms with E-state index in [0.29, 0.717) is 24.3 Å². The van der Waals surface area contributed by atoms with Gasteiger partial charge in [-0.2, -0.15) is 0 Å². The highest BCUT2D eigenvalue weighted by Crippen LogP contribution is 2.31. The van der Waals surface area contributed by atoms with Gasteiger partial charge in [0.15, 0.2) is 0 Å². The maximum atomic E-state index is 12.6. The van der Waals surface area contributed by atoms with Crippen molar-refractivity contribution in [2.45, 2.75) is 38.8 Å². The lowest BCUT2D eigenvalue weighted by atomic mass is 10.0. The molecule has 2 unspecified atom stereocenters. The van der Waals surface area contributed by atoms with Crippen LogP contribution in [-0.2, 0) is 9.59 Å². The van der Waals surface area contributed by atoms with Crippen molar-refractivity contribution in [3.8, 4) is 5.75 Å². The number of anilines is 1. The van der Waals surface area contributed by atoms with Gasteiger partial charge < -0.3 is 10.1 Å². The quantitative estimate of drug-likeness (QED) is 0.903. The third kappa shape index (κ3) is 3.05. The molecule has 2 rings (SSSR count). The van der Waals surface area contributed by atoms with Gasteiger partial charge in [-0.15, -0.1) is 0 Å². The number of nitrogens with zero attached hydrogens (tertiary/aromatic N) is 1. The Morgan fingerprint density at radius 1 is 1.24 bits per heavy atom. The van der Waals surface area contributed by atoms with E-state index in [1.54, 1.807) is 18.1 Å². The first-order valence-corrected chi connectivity index (χ1v) is 7.79. The van der Waals surface area contributed by atoms with Crippen molar-refractivity contribution in [1.82, 2.24) is 5.32 Å². The van der Waals surface area contributed by atoms with E-state index >= 15 is 0 Å². The third-order valence-electron chi connectivity index (χ3n) is 3.63. The molecule has 5 nitrogen and oxygen atoms in total. The highest BCUT2D eigenvalue weighted by molar-refractivity contribution is 9.10. The van der Waals surface area contributed by atoms with E-state index in [1.807, 2.05) is 26.0 Å². The molecule has 1 saturated heterocycles. The minimum Gasteiger partial charge on any atom is -0.497 e. The number of rotatable bonds is 4. The Kier molecular flexibility index (Phi) is 4.88. The molecule has 0 saturated carbocycles. The molecule has 1 aromatic carbocycles. The Balaban J connectivity index is 2.48. The van der Waals surface area contributed by atoms with Gasteiger partial charge in [-0.25, -0.2) is 0 Å². The highest BCUT2D eigenvalue weighted by atomic mass is 79.9. The van der Waals surface area contributed by atoms with Gasteiger partial charge in [0.2, 0.25) is 11.8 Å². The Bertz CT molecular complexity index is 562. The van der Waals surface area contributed by atoms with Crippen LogP contribution in [-0.4, -0.2) is 31.0 Å². The zero-order valence-corrected chi connectivity index (χ0v) is 13.9. The molecule has 2 atom stereocenters. The van der Waals surface area contributed by atoms with Gasteiger partial charge in [0.25, 0.3) is 0 Å². The van der Waals surface area contributed by atoms with Gasteiger partial charge >= 0.3 is 0 Å². The summed E-state index contributed by atoms with van der Waals surface area (Å²) in [4.78, 5) is 26.4. The summed E-state index contributed by atoms with van der Waals surface area (Å²) in [7, 11) is 1.57. The summed E-state index contributed by atoms with van der Waals surface area (Å²) in [5.74, 6) is 0.452. The molecule has 1 N–H and O–H groups in total. The van der Waals surface area contributed by atoms with E-state index in [4.69, 9.17) is 4.74 Å². The Morgan fingerprint density at radius 2 is 1.95 bits per heavy atom. The van der Waals surface area contributed by atoms with Gasteiger partial charge in [0.05, 0.1) is 7.11 Å². The number of piperazine rings is 1. The van der Waals surface area contributed by atoms with Crippen molar-refractivity contribution >= 4 is 33.4 Å². The van der Waals surface area contributed by atoms with Crippen molar-refractivity contribution < 1.29 is 14.3 Å². The second kappa shape index (κ2) is 6.47. The SMILES string of the molecule is CCC1NC(=O)C(CC)N(c2cc(Br)cc(OC)c2)C1=O. The van der Waals surface area contributed by atoms with E-state index < -0.39 is 12.1 Å². The first-order chi connectivity index (χ1) is 10.0. The Hall–Kier alpha value is -1.56. The molecule has 1 heterocycles. The average molecular weight is 355 g/mol. The summed E-state index contributed by atoms with van der Waals surface area (Å²) in [6.07, 6.45) is 1.13. The molecule has 1 fully saturated rings. The van der Waals surface area contributed by atoms with Crippen LogP contribution in [0.15, 0.2) is 22.7 Å². The number of carbonyl (C=O) groups excluding carboxylic acids is 2. The van der Waals surface area contributed by atoms with Crippen LogP contribution in [0.5, 0.6) is 5.75 Å². The number of amides is 2. The molecule has 0 aliphatic carbocycles. The molecule has 1 aromatic rings. The van der Waals surface area contributed by atoms with Crippen molar-refractivity contribution in [3.05, 3.63) is 22.7 Å². The van der Waals surface area contributed by atoms with Crippen LogP contribution in [0.25, 0.3) is 0 Å². The number of carbonyl (C=O) groups is 2. The van der Waals surface area contributed by atoms with Crippen molar-refractivity contribution in [2.24, 2.45) is 0 Å². The van der Waals surface area contributed by atoms with E-state index in [1.165, 1.54) is 0 Å². The summed E-state index contributed by atoms with van der Waals surface area (Å²) in [5.41, 5.74) is 0.673. The first-order valence-electron chi connectivity index (χ1n) is 6.99. The standard InChI is InChI=1S/C15H19BrN2O3/c1-4-12-15(20)18(13(5-2)14(19)17-12)10-6-9(16)7-11(8-10)21-3/h6-8,12-13H,4-5H2,1-3H3,(H,17,19). The van der Waals surface area contributed by atoms with E-state index in [-0.39, 0.29) is 11.8 Å². The predicted molar refractivity (Wildman–Crippen MR) is 84.5 cm³/mol. The molecular formula is C15H19BrN2O3. The molecular weight excluding hydrogens is 336 g/mol. The number of halogens is 1. The number of hydrogen-bond acceptors (Lipinski definition) is 3. The van der Waals surface area contributed by atoms with Crippen molar-refractivity contribution in [3.63, 3.8) is 0 Å². The minimum atomic E-state index is -0.487. The third-order valence-corrected chi connectivity index (χ3v) is 4.09. The molecule has 21 heavy (non-hydrogen) atoms. The van der Waals surface area contributed by atoms with Crippen LogP contribution >= 0.6 is 15.9 Å². The first kappa shape index (κ1) is 15.8. The second-order valence-electron chi connectivity index (χ2n) is 4.95. The van der Waals surface area contributed by atoms with Crippen molar-refractivity contribution in [2.75, 3.05) is 12.0 Å². The van der Waals surface area contributed by atoms with Crippen LogP contribution in [0.1, 0.15) is 26.7 Å². The molecule has 1 aliphatic rings. The van der Waals surface area contributed by atoms with Gasteiger partial charge in [-0.1, -0.05) is 29.8 Å². The summed E-state index contributed by atoms with van der Waals surface area (Å²) in [6.45, 7) is 3.78. The van der Waals surface area contributed by atoms with E-state index in [2.05, 4.69) is 21.2 Å². The number of methoxy groups -OCH3 is 1. The van der Waals surface area contributed by atoms with Crippen LogP contribution in [0.4, 0.5) is 5.69 Å². The normalized spacial score (nSPS) is 22.2. The number of nitrogens with one attached hydrogen (secondary N) is 1. The summed E-state index contributed by atoms with van der Waals surface area (Å²) in [5, 5.41) is 2.79. The van der Waals surface area contributed by atoms with Crippen LogP contribution in [0.2, 0.25) is 0 Å². The highest BCUT2D eigenvalue weighted by Gasteiger charge is 2.39. The van der Waals surface area contributed by atoms with E-state index in [9.17, 15) is 9.59 Å². The van der Waals surface area contributed by atoms with Gasteiger partial charge in [0, 0.05) is 16.2 Å². The largest absolute Gasteiger partial charge is 0.497 e. The molecule has 114 valence electrons. The molecule has 2 amide bonds. The van der Waals surface area contributed by atoms with Crippen molar-refractivity contribution in [1.29, 1.82) is 0 Å². The molecule has 0 aromatic heterocycles. The minimum absolute atomic E-state index is 0.0795. The fraction of sp³-hybridized carbons (Fsp3) is 0.467. The predicted octanol–water partition coefficient (Wildman–Crippen LogP) is 2.48. The lowest BCUT2D eigenvalue weighted by Gasteiger charge is -2.38. The number of ether oxygens (including phenoxy) is 1. The van der Waals surface area contributed by atoms with Gasteiger partial charge in [-0.05, 0) is 25.0 Å². The van der Waals surface area contributed by atoms with Gasteiger partial charge in [0.1, 0.15) is 17.8 Å². The zero-order chi connectivity index (χ0) is 15.6. The summed E-state index contributed by atoms with van der Waals surface area (Å²) >= 11 is 3.41. The molecule has 1 aliphatic heterocycles. The smallest absolute Gasteiger partial charge is 0.250 e. The van der Waals surface area contributed by atoms with E-state index in [0.717, 1.165) is 4.47 Å². The van der Waals surface area contributed by atoms with Crippen LogP contribution in [0.3, 0.4) is 0 Å². The zero-order valence-electron chi connectivity index (χ0n) is 12.4. The topological polar surface area (TPSA) is 58.6 Å². The molecule has 0 bridgehead atoms. The average Bonchev–Trinajstić information content (AvgIpc) is 2.47. The number of hydrogen-bond donors (Lipinski definition) is 1. The lowest BCUT2D eigenvalue weighted by molar-refractivity contribution is -0.134. The fourth-order valence-electron chi connectivity index (χ4n) is 2.53. The molecule has 0 radical (unpaired) electrons. The second-order valence-corrected chi connectivity index (χ2v) is 5.87. The monoisotopic (exact) mass is 354 g/mol. The maximum absolute atomic E-state index is 12.6. The Labute approximate surface area is 132 Å². The summed E-state index contributed by atoms with van der Waals surface area (Å²) in [6, 6.07) is 4.46. The number of benzene rings is 1. The maximum Gasteiger partial charge on any atom is 0.250 e. The molecule has 6 heteroatoms.